The zero-order chi connectivity index (χ0) is 14.7. The molecule has 1 aromatic heterocycles. The summed E-state index contributed by atoms with van der Waals surface area (Å²) >= 11 is 0. The second-order valence-electron chi connectivity index (χ2n) is 5.31. The minimum atomic E-state index is 0.202. The van der Waals surface area contributed by atoms with Gasteiger partial charge in [-0.3, -0.25) is 4.79 Å². The zero-order valence-electron chi connectivity index (χ0n) is 11.9. The Labute approximate surface area is 123 Å². The van der Waals surface area contributed by atoms with Gasteiger partial charge < -0.3 is 9.64 Å². The predicted molar refractivity (Wildman–Crippen MR) is 79.4 cm³/mol. The molecule has 2 heterocycles. The molecule has 1 atom stereocenters. The first kappa shape index (κ1) is 13.7. The lowest BCUT2D eigenvalue weighted by Gasteiger charge is -2.13. The quantitative estimate of drug-likeness (QED) is 0.804. The number of hydrogen-bond donors (Lipinski definition) is 0. The number of likely N-dealkylation sites (tertiary alicyclic amines) is 1. The van der Waals surface area contributed by atoms with Gasteiger partial charge in [0.25, 0.3) is 0 Å². The monoisotopic (exact) mass is 283 g/mol. The summed E-state index contributed by atoms with van der Waals surface area (Å²) in [6.07, 6.45) is 3.68. The first-order valence-corrected chi connectivity index (χ1v) is 6.98. The average Bonchev–Trinajstić information content (AvgIpc) is 2.93. The van der Waals surface area contributed by atoms with Crippen molar-refractivity contribution < 1.29 is 9.53 Å². The first-order valence-electron chi connectivity index (χ1n) is 6.98. The van der Waals surface area contributed by atoms with E-state index in [1.807, 2.05) is 18.2 Å². The maximum atomic E-state index is 10.9. The molecule has 0 aliphatic carbocycles. The maximum absolute atomic E-state index is 10.9. The van der Waals surface area contributed by atoms with E-state index in [2.05, 4.69) is 22.1 Å². The van der Waals surface area contributed by atoms with E-state index in [-0.39, 0.29) is 6.10 Å². The third-order valence-corrected chi connectivity index (χ3v) is 3.60. The second-order valence-corrected chi connectivity index (χ2v) is 5.31. The van der Waals surface area contributed by atoms with Crippen molar-refractivity contribution in [2.24, 2.45) is 0 Å². The highest BCUT2D eigenvalue weighted by Gasteiger charge is 2.21. The Morgan fingerprint density at radius 3 is 3.05 bits per heavy atom. The molecule has 0 N–H and O–H groups in total. The standard InChI is InChI=1S/C16H17N3O2/c1-19-6-5-14(10-19)21-15-8-16(18-17-9-15)13-4-2-3-12(7-13)11-20/h2-4,7-9,11,14H,5-6,10H2,1H3/t14-/m0/s1. The summed E-state index contributed by atoms with van der Waals surface area (Å²) in [5.74, 6) is 0.719. The number of carbonyl (C=O) groups is 1. The highest BCUT2D eigenvalue weighted by molar-refractivity contribution is 5.78. The normalized spacial score (nSPS) is 18.6. The molecule has 0 bridgehead atoms. The Kier molecular flexibility index (Phi) is 3.92. The molecule has 1 saturated heterocycles. The van der Waals surface area contributed by atoms with Gasteiger partial charge in [0.1, 0.15) is 18.1 Å². The van der Waals surface area contributed by atoms with E-state index >= 15 is 0 Å². The van der Waals surface area contributed by atoms with Crippen molar-refractivity contribution in [3.8, 4) is 17.0 Å². The number of ether oxygens (including phenoxy) is 1. The topological polar surface area (TPSA) is 55.3 Å². The van der Waals surface area contributed by atoms with Crippen LogP contribution in [0.2, 0.25) is 0 Å². The van der Waals surface area contributed by atoms with Crippen molar-refractivity contribution in [3.05, 3.63) is 42.1 Å². The largest absolute Gasteiger partial charge is 0.487 e. The van der Waals surface area contributed by atoms with Crippen molar-refractivity contribution in [1.82, 2.24) is 15.1 Å². The summed E-state index contributed by atoms with van der Waals surface area (Å²) in [7, 11) is 2.09. The van der Waals surface area contributed by atoms with Crippen LogP contribution in [0.5, 0.6) is 5.75 Å². The summed E-state index contributed by atoms with van der Waals surface area (Å²) in [5.41, 5.74) is 2.20. The number of likely N-dealkylation sites (N-methyl/N-ethyl adjacent to an activating group) is 1. The highest BCUT2D eigenvalue weighted by Crippen LogP contribution is 2.23. The number of nitrogens with zero attached hydrogens (tertiary/aromatic N) is 3. The lowest BCUT2D eigenvalue weighted by atomic mass is 10.1. The van der Waals surface area contributed by atoms with Gasteiger partial charge in [-0.1, -0.05) is 18.2 Å². The fourth-order valence-electron chi connectivity index (χ4n) is 2.51. The van der Waals surface area contributed by atoms with Crippen LogP contribution in [-0.4, -0.2) is 47.6 Å². The van der Waals surface area contributed by atoms with Crippen LogP contribution < -0.4 is 4.74 Å². The lowest BCUT2D eigenvalue weighted by molar-refractivity contribution is 0.112. The minimum absolute atomic E-state index is 0.202. The van der Waals surface area contributed by atoms with Gasteiger partial charge in [-0.15, -0.1) is 0 Å². The van der Waals surface area contributed by atoms with Crippen LogP contribution in [0, 0.1) is 0 Å². The Morgan fingerprint density at radius 1 is 1.38 bits per heavy atom. The molecule has 0 amide bonds. The molecule has 1 fully saturated rings. The Hall–Kier alpha value is -2.27. The maximum Gasteiger partial charge on any atom is 0.150 e. The SMILES string of the molecule is CN1CC[C@H](Oc2cnnc(-c3cccc(C=O)c3)c2)C1. The summed E-state index contributed by atoms with van der Waals surface area (Å²) in [4.78, 5) is 13.1. The smallest absolute Gasteiger partial charge is 0.150 e. The van der Waals surface area contributed by atoms with E-state index in [0.717, 1.165) is 37.1 Å². The molecule has 0 spiro atoms. The Bertz CT molecular complexity index is 645. The molecule has 21 heavy (non-hydrogen) atoms. The lowest BCUT2D eigenvalue weighted by Crippen LogP contribution is -2.21. The van der Waals surface area contributed by atoms with Crippen LogP contribution in [0.15, 0.2) is 36.5 Å². The molecule has 0 saturated carbocycles. The second kappa shape index (κ2) is 6.01. The van der Waals surface area contributed by atoms with E-state index in [0.29, 0.717) is 11.3 Å². The van der Waals surface area contributed by atoms with Crippen LogP contribution in [0.25, 0.3) is 11.3 Å². The van der Waals surface area contributed by atoms with E-state index in [9.17, 15) is 4.79 Å². The Balaban J connectivity index is 1.80. The van der Waals surface area contributed by atoms with Gasteiger partial charge in [0, 0.05) is 30.3 Å². The van der Waals surface area contributed by atoms with Crippen molar-refractivity contribution in [2.75, 3.05) is 20.1 Å². The average molecular weight is 283 g/mol. The predicted octanol–water partition coefficient (Wildman–Crippen LogP) is 2.04. The molecule has 2 aromatic rings. The summed E-state index contributed by atoms with van der Waals surface area (Å²) in [6, 6.07) is 9.17. The fraction of sp³-hybridized carbons (Fsp3) is 0.312. The molecule has 1 aliphatic rings. The van der Waals surface area contributed by atoms with Crippen LogP contribution in [0.3, 0.4) is 0 Å². The van der Waals surface area contributed by atoms with Crippen molar-refractivity contribution >= 4 is 6.29 Å². The van der Waals surface area contributed by atoms with Crippen LogP contribution in [-0.2, 0) is 0 Å². The van der Waals surface area contributed by atoms with Gasteiger partial charge >= 0.3 is 0 Å². The molecule has 1 aromatic carbocycles. The number of aldehydes is 1. The number of rotatable bonds is 4. The fourth-order valence-corrected chi connectivity index (χ4v) is 2.51. The first-order chi connectivity index (χ1) is 10.2. The van der Waals surface area contributed by atoms with Crippen molar-refractivity contribution in [1.29, 1.82) is 0 Å². The van der Waals surface area contributed by atoms with Gasteiger partial charge in [0.15, 0.2) is 0 Å². The molecule has 5 nitrogen and oxygen atoms in total. The molecule has 108 valence electrons. The number of aromatic nitrogens is 2. The molecule has 0 unspecified atom stereocenters. The summed E-state index contributed by atoms with van der Waals surface area (Å²) < 4.78 is 5.95. The number of hydrogen-bond acceptors (Lipinski definition) is 5. The van der Waals surface area contributed by atoms with Crippen molar-refractivity contribution in [3.63, 3.8) is 0 Å². The third kappa shape index (κ3) is 3.25. The molecule has 3 rings (SSSR count). The van der Waals surface area contributed by atoms with Crippen LogP contribution >= 0.6 is 0 Å². The van der Waals surface area contributed by atoms with Gasteiger partial charge in [-0.05, 0) is 19.5 Å². The minimum Gasteiger partial charge on any atom is -0.487 e. The zero-order valence-corrected chi connectivity index (χ0v) is 11.9. The van der Waals surface area contributed by atoms with Gasteiger partial charge in [0.05, 0.1) is 11.9 Å². The molecular formula is C16H17N3O2. The highest BCUT2D eigenvalue weighted by atomic mass is 16.5. The molecule has 1 aliphatic heterocycles. The number of carbonyl (C=O) groups excluding carboxylic acids is 1. The molecule has 0 radical (unpaired) electrons. The summed E-state index contributed by atoms with van der Waals surface area (Å²) in [6.45, 7) is 1.98. The van der Waals surface area contributed by atoms with Gasteiger partial charge in [-0.2, -0.15) is 10.2 Å². The van der Waals surface area contributed by atoms with Crippen LogP contribution in [0.1, 0.15) is 16.8 Å². The summed E-state index contributed by atoms with van der Waals surface area (Å²) in [5, 5.41) is 8.12. The van der Waals surface area contributed by atoms with E-state index < -0.39 is 0 Å². The van der Waals surface area contributed by atoms with Crippen molar-refractivity contribution in [2.45, 2.75) is 12.5 Å². The molecule has 5 heteroatoms. The van der Waals surface area contributed by atoms with E-state index in [1.165, 1.54) is 0 Å². The van der Waals surface area contributed by atoms with Gasteiger partial charge in [-0.25, -0.2) is 0 Å². The Morgan fingerprint density at radius 2 is 2.29 bits per heavy atom. The van der Waals surface area contributed by atoms with E-state index in [4.69, 9.17) is 4.74 Å². The number of benzene rings is 1. The van der Waals surface area contributed by atoms with E-state index in [1.54, 1.807) is 18.3 Å². The third-order valence-electron chi connectivity index (χ3n) is 3.60. The molecular weight excluding hydrogens is 266 g/mol. The van der Waals surface area contributed by atoms with Gasteiger partial charge in [0.2, 0.25) is 0 Å². The van der Waals surface area contributed by atoms with Crippen LogP contribution in [0.4, 0.5) is 0 Å².